The molecule has 2 heterocycles. The van der Waals surface area contributed by atoms with Gasteiger partial charge in [-0.15, -0.1) is 0 Å². The molecule has 11 nitrogen and oxygen atoms in total. The van der Waals surface area contributed by atoms with E-state index in [-0.39, 0.29) is 25.0 Å². The number of methoxy groups -OCH3 is 1. The topological polar surface area (TPSA) is 123 Å². The quantitative estimate of drug-likeness (QED) is 0.215. The number of hydrogen-bond donors (Lipinski definition) is 2. The monoisotopic (exact) mass is 523 g/mol. The first kappa shape index (κ1) is 26.6. The van der Waals surface area contributed by atoms with Gasteiger partial charge in [0.2, 0.25) is 17.8 Å². The van der Waals surface area contributed by atoms with Gasteiger partial charge in [0.25, 0.3) is 0 Å². The number of ether oxygens (including phenoxy) is 3. The maximum Gasteiger partial charge on any atom is 0.344 e. The summed E-state index contributed by atoms with van der Waals surface area (Å²) in [6.07, 6.45) is 4.88. The molecule has 2 aromatic carbocycles. The largest absolute Gasteiger partial charge is 0.493 e. The van der Waals surface area contributed by atoms with Gasteiger partial charge in [-0.1, -0.05) is 0 Å². The fourth-order valence-corrected chi connectivity index (χ4v) is 3.76. The van der Waals surface area contributed by atoms with Crippen molar-refractivity contribution in [1.82, 2.24) is 15.0 Å². The second kappa shape index (κ2) is 13.2. The minimum atomic E-state index is -0.459. The third-order valence-electron chi connectivity index (χ3n) is 5.58. The molecule has 0 amide bonds. The van der Waals surface area contributed by atoms with Gasteiger partial charge < -0.3 is 24.4 Å². The summed E-state index contributed by atoms with van der Waals surface area (Å²) < 4.78 is 29.1. The van der Waals surface area contributed by atoms with Crippen LogP contribution in [0.15, 0.2) is 47.6 Å². The Morgan fingerprint density at radius 2 is 1.82 bits per heavy atom. The van der Waals surface area contributed by atoms with Crippen molar-refractivity contribution in [2.45, 2.75) is 26.2 Å². The van der Waals surface area contributed by atoms with Crippen LogP contribution >= 0.6 is 0 Å². The number of anilines is 4. The van der Waals surface area contributed by atoms with E-state index in [2.05, 4.69) is 35.7 Å². The van der Waals surface area contributed by atoms with E-state index in [4.69, 9.17) is 14.2 Å². The highest BCUT2D eigenvalue weighted by Crippen LogP contribution is 2.27. The average molecular weight is 524 g/mol. The first-order valence-electron chi connectivity index (χ1n) is 12.3. The molecule has 0 spiro atoms. The van der Waals surface area contributed by atoms with E-state index in [1.807, 2.05) is 0 Å². The molecule has 12 heteroatoms. The number of nitrogens with one attached hydrogen (secondary N) is 2. The summed E-state index contributed by atoms with van der Waals surface area (Å²) in [5.74, 6) is 1.16. The predicted molar refractivity (Wildman–Crippen MR) is 142 cm³/mol. The van der Waals surface area contributed by atoms with Crippen LogP contribution in [0.1, 0.15) is 31.7 Å². The zero-order chi connectivity index (χ0) is 26.7. The summed E-state index contributed by atoms with van der Waals surface area (Å²) in [6, 6.07) is 11.1. The fraction of sp³-hybridized carbons (Fsp3) is 0.346. The highest BCUT2D eigenvalue weighted by atomic mass is 19.1. The SMILES string of the molecule is CCOC(=O)COc1ccc(/C=N\Nc2nc(Nc3ccc(F)cc3)nc(N3CCCCC3)n2)cc1OC. The third kappa shape index (κ3) is 7.51. The lowest BCUT2D eigenvalue weighted by Gasteiger charge is -2.26. The molecular formula is C26H30FN7O4. The van der Waals surface area contributed by atoms with E-state index in [1.165, 1.54) is 25.7 Å². The Morgan fingerprint density at radius 3 is 2.55 bits per heavy atom. The molecule has 3 aromatic rings. The van der Waals surface area contributed by atoms with Gasteiger partial charge in [-0.05, 0) is 74.2 Å². The van der Waals surface area contributed by atoms with E-state index in [1.54, 1.807) is 43.5 Å². The maximum atomic E-state index is 13.3. The van der Waals surface area contributed by atoms with Crippen LogP contribution in [0, 0.1) is 5.82 Å². The molecule has 2 N–H and O–H groups in total. The van der Waals surface area contributed by atoms with Gasteiger partial charge in [0.15, 0.2) is 18.1 Å². The van der Waals surface area contributed by atoms with Crippen LogP contribution < -0.4 is 25.1 Å². The lowest BCUT2D eigenvalue weighted by atomic mass is 10.1. The van der Waals surface area contributed by atoms with Crippen LogP contribution in [0.2, 0.25) is 0 Å². The van der Waals surface area contributed by atoms with E-state index in [0.717, 1.165) is 25.9 Å². The Labute approximate surface area is 220 Å². The van der Waals surface area contributed by atoms with Crippen LogP contribution in [-0.4, -0.2) is 60.5 Å². The normalized spacial score (nSPS) is 13.3. The van der Waals surface area contributed by atoms with E-state index < -0.39 is 5.97 Å². The van der Waals surface area contributed by atoms with Crippen molar-refractivity contribution >= 4 is 35.7 Å². The number of halogens is 1. The van der Waals surface area contributed by atoms with Crippen molar-refractivity contribution in [3.8, 4) is 11.5 Å². The minimum Gasteiger partial charge on any atom is -0.493 e. The van der Waals surface area contributed by atoms with Gasteiger partial charge in [-0.3, -0.25) is 0 Å². The van der Waals surface area contributed by atoms with E-state index in [0.29, 0.717) is 34.6 Å². The third-order valence-corrected chi connectivity index (χ3v) is 5.58. The van der Waals surface area contributed by atoms with Crippen molar-refractivity contribution in [1.29, 1.82) is 0 Å². The summed E-state index contributed by atoms with van der Waals surface area (Å²) in [6.45, 7) is 3.51. The number of carbonyl (C=O) groups excluding carboxylic acids is 1. The Morgan fingerprint density at radius 1 is 1.05 bits per heavy atom. The van der Waals surface area contributed by atoms with Gasteiger partial charge in [0.05, 0.1) is 19.9 Å². The van der Waals surface area contributed by atoms with Crippen LogP contribution in [0.3, 0.4) is 0 Å². The molecular weight excluding hydrogens is 493 g/mol. The van der Waals surface area contributed by atoms with Crippen molar-refractivity contribution in [2.75, 3.05) is 49.1 Å². The highest BCUT2D eigenvalue weighted by molar-refractivity contribution is 5.81. The molecule has 0 aliphatic carbocycles. The number of hydrazone groups is 1. The summed E-state index contributed by atoms with van der Waals surface area (Å²) in [5, 5.41) is 7.36. The summed E-state index contributed by atoms with van der Waals surface area (Å²) >= 11 is 0. The van der Waals surface area contributed by atoms with Crippen molar-refractivity contribution in [3.63, 3.8) is 0 Å². The molecule has 38 heavy (non-hydrogen) atoms. The maximum absolute atomic E-state index is 13.3. The van der Waals surface area contributed by atoms with Crippen LogP contribution in [0.5, 0.6) is 11.5 Å². The number of carbonyl (C=O) groups is 1. The lowest BCUT2D eigenvalue weighted by molar-refractivity contribution is -0.145. The van der Waals surface area contributed by atoms with E-state index >= 15 is 0 Å². The average Bonchev–Trinajstić information content (AvgIpc) is 2.94. The van der Waals surface area contributed by atoms with Crippen LogP contribution in [0.25, 0.3) is 0 Å². The molecule has 1 fully saturated rings. The Balaban J connectivity index is 1.48. The molecule has 200 valence electrons. The number of rotatable bonds is 11. The van der Waals surface area contributed by atoms with Gasteiger partial charge in [-0.25, -0.2) is 14.6 Å². The summed E-state index contributed by atoms with van der Waals surface area (Å²) in [4.78, 5) is 27.2. The second-order valence-corrected chi connectivity index (χ2v) is 8.34. The highest BCUT2D eigenvalue weighted by Gasteiger charge is 2.16. The number of esters is 1. The molecule has 0 saturated carbocycles. The standard InChI is InChI=1S/C26H30FN7O4/c1-3-37-23(35)17-38-21-12-7-18(15-22(21)36-2)16-28-33-25-30-24(29-20-10-8-19(27)9-11-20)31-26(32-25)34-13-5-4-6-14-34/h7-12,15-16H,3-6,13-14,17H2,1-2H3,(H2,29,30,31,32,33)/b28-16-. The first-order valence-corrected chi connectivity index (χ1v) is 12.3. The first-order chi connectivity index (χ1) is 18.5. The molecule has 0 radical (unpaired) electrons. The summed E-state index contributed by atoms with van der Waals surface area (Å²) in [5.41, 5.74) is 4.22. The number of benzene rings is 2. The Hall–Kier alpha value is -4.48. The van der Waals surface area contributed by atoms with Crippen LogP contribution in [0.4, 0.5) is 27.9 Å². The second-order valence-electron chi connectivity index (χ2n) is 8.34. The van der Waals surface area contributed by atoms with Gasteiger partial charge in [-0.2, -0.15) is 20.1 Å². The minimum absolute atomic E-state index is 0.216. The number of aromatic nitrogens is 3. The molecule has 1 aromatic heterocycles. The smallest absolute Gasteiger partial charge is 0.344 e. The zero-order valence-electron chi connectivity index (χ0n) is 21.3. The van der Waals surface area contributed by atoms with Gasteiger partial charge in [0.1, 0.15) is 5.82 Å². The van der Waals surface area contributed by atoms with Crippen molar-refractivity contribution < 1.29 is 23.4 Å². The number of hydrogen-bond acceptors (Lipinski definition) is 11. The zero-order valence-corrected chi connectivity index (χ0v) is 21.3. The molecule has 0 atom stereocenters. The predicted octanol–water partition coefficient (Wildman–Crippen LogP) is 4.14. The molecule has 0 bridgehead atoms. The molecule has 0 unspecified atom stereocenters. The van der Waals surface area contributed by atoms with Crippen LogP contribution in [-0.2, 0) is 9.53 Å². The Kier molecular flexibility index (Phi) is 9.22. The molecule has 1 aliphatic rings. The Bertz CT molecular complexity index is 1250. The van der Waals surface area contributed by atoms with Gasteiger partial charge >= 0.3 is 5.97 Å². The molecule has 1 aliphatic heterocycles. The fourth-order valence-electron chi connectivity index (χ4n) is 3.76. The van der Waals surface area contributed by atoms with Gasteiger partial charge in [0, 0.05) is 18.8 Å². The number of nitrogens with zero attached hydrogens (tertiary/aromatic N) is 5. The molecule has 4 rings (SSSR count). The van der Waals surface area contributed by atoms with Crippen molar-refractivity contribution in [3.05, 3.63) is 53.8 Å². The van der Waals surface area contributed by atoms with E-state index in [9.17, 15) is 9.18 Å². The lowest BCUT2D eigenvalue weighted by Crippen LogP contribution is -2.31. The number of piperidine rings is 1. The van der Waals surface area contributed by atoms with Crippen molar-refractivity contribution in [2.24, 2.45) is 5.10 Å². The summed E-state index contributed by atoms with van der Waals surface area (Å²) in [7, 11) is 1.51. The molecule has 1 saturated heterocycles.